The summed E-state index contributed by atoms with van der Waals surface area (Å²) in [7, 11) is 0. The van der Waals surface area contributed by atoms with Crippen molar-refractivity contribution in [1.29, 1.82) is 0 Å². The lowest BCUT2D eigenvalue weighted by Gasteiger charge is -2.31. The van der Waals surface area contributed by atoms with Gasteiger partial charge in [-0.2, -0.15) is 0 Å². The van der Waals surface area contributed by atoms with Gasteiger partial charge in [-0.15, -0.1) is 0 Å². The molecule has 4 nitrogen and oxygen atoms in total. The molecule has 0 aliphatic rings. The van der Waals surface area contributed by atoms with Gasteiger partial charge < -0.3 is 10.4 Å². The first-order chi connectivity index (χ1) is 14.7. The van der Waals surface area contributed by atoms with Crippen LogP contribution < -0.4 is 5.32 Å². The molecule has 0 fully saturated rings. The van der Waals surface area contributed by atoms with Gasteiger partial charge in [0.05, 0.1) is 0 Å². The summed E-state index contributed by atoms with van der Waals surface area (Å²) in [5, 5.41) is 12.0. The van der Waals surface area contributed by atoms with Gasteiger partial charge in [-0.1, -0.05) is 89.5 Å². The minimum atomic E-state index is -0.274. The Morgan fingerprint density at radius 3 is 1.72 bits per heavy atom. The molecule has 1 atom stereocenters. The average Bonchev–Trinajstić information content (AvgIpc) is 2.79. The topological polar surface area (TPSA) is 66.4 Å². The molecule has 0 rings (SSSR count). The Kier molecular flexibility index (Phi) is 29.7. The van der Waals surface area contributed by atoms with Gasteiger partial charge >= 0.3 is 0 Å². The van der Waals surface area contributed by atoms with Gasteiger partial charge in [0.2, 0.25) is 5.91 Å². The highest BCUT2D eigenvalue weighted by Crippen LogP contribution is 2.34. The minimum Gasteiger partial charge on any atom is -0.396 e. The van der Waals surface area contributed by atoms with Crippen LogP contribution in [0.1, 0.15) is 134 Å². The van der Waals surface area contributed by atoms with Crippen molar-refractivity contribution < 1.29 is 14.7 Å². The SMILES string of the molecule is C.CC.CCC(C)C(=O)C(CC)(CC)CCO.CCC(CC)CCNC(=O)CCC(C)C. The fourth-order valence-electron chi connectivity index (χ4n) is 3.62. The van der Waals surface area contributed by atoms with E-state index in [1.165, 1.54) is 12.8 Å². The number of nitrogens with one attached hydrogen (secondary N) is 1. The van der Waals surface area contributed by atoms with Crippen molar-refractivity contribution in [2.24, 2.45) is 23.2 Å². The van der Waals surface area contributed by atoms with Crippen LogP contribution in [0.2, 0.25) is 0 Å². The van der Waals surface area contributed by atoms with Crippen molar-refractivity contribution >= 4 is 11.7 Å². The maximum Gasteiger partial charge on any atom is 0.220 e. The fraction of sp³-hybridized carbons (Fsp3) is 0.929. The molecule has 0 aliphatic carbocycles. The maximum absolute atomic E-state index is 12.1. The van der Waals surface area contributed by atoms with Crippen LogP contribution in [-0.4, -0.2) is 29.9 Å². The third-order valence-electron chi connectivity index (χ3n) is 6.50. The number of amides is 1. The van der Waals surface area contributed by atoms with E-state index in [4.69, 9.17) is 5.11 Å². The average molecular weight is 460 g/mol. The van der Waals surface area contributed by atoms with Crippen molar-refractivity contribution in [2.75, 3.05) is 13.2 Å². The molecule has 196 valence electrons. The van der Waals surface area contributed by atoms with Crippen LogP contribution in [0.4, 0.5) is 0 Å². The number of hydrogen-bond donors (Lipinski definition) is 2. The number of ketones is 1. The van der Waals surface area contributed by atoms with E-state index in [9.17, 15) is 9.59 Å². The number of carbonyl (C=O) groups is 2. The Balaban J connectivity index is -0.000000221. The summed E-state index contributed by atoms with van der Waals surface area (Å²) in [6, 6.07) is 0. The highest BCUT2D eigenvalue weighted by Gasteiger charge is 2.35. The van der Waals surface area contributed by atoms with E-state index in [2.05, 4.69) is 33.0 Å². The lowest BCUT2D eigenvalue weighted by molar-refractivity contribution is -0.134. The second-order valence-corrected chi connectivity index (χ2v) is 8.89. The van der Waals surface area contributed by atoms with Gasteiger partial charge in [0.15, 0.2) is 0 Å². The number of hydrogen-bond acceptors (Lipinski definition) is 3. The van der Waals surface area contributed by atoms with Crippen LogP contribution in [-0.2, 0) is 9.59 Å². The fourth-order valence-corrected chi connectivity index (χ4v) is 3.62. The molecule has 0 aromatic carbocycles. The number of aliphatic hydroxyl groups excluding tert-OH is 1. The van der Waals surface area contributed by atoms with Crippen molar-refractivity contribution in [1.82, 2.24) is 5.32 Å². The molecule has 0 saturated heterocycles. The molecule has 0 radical (unpaired) electrons. The van der Waals surface area contributed by atoms with Crippen molar-refractivity contribution in [3.63, 3.8) is 0 Å². The summed E-state index contributed by atoms with van der Waals surface area (Å²) in [6.45, 7) is 21.8. The Hall–Kier alpha value is -0.900. The van der Waals surface area contributed by atoms with E-state index in [1.807, 2.05) is 41.5 Å². The highest BCUT2D eigenvalue weighted by molar-refractivity contribution is 5.86. The van der Waals surface area contributed by atoms with E-state index in [1.54, 1.807) is 0 Å². The quantitative estimate of drug-likeness (QED) is 0.262. The third-order valence-corrected chi connectivity index (χ3v) is 6.50. The zero-order chi connectivity index (χ0) is 24.9. The molecule has 0 heterocycles. The second kappa shape index (κ2) is 24.7. The Bertz CT molecular complexity index is 413. The van der Waals surface area contributed by atoms with E-state index in [0.717, 1.165) is 44.6 Å². The summed E-state index contributed by atoms with van der Waals surface area (Å²) in [5.74, 6) is 2.07. The van der Waals surface area contributed by atoms with Crippen LogP contribution in [0.25, 0.3) is 0 Å². The molecular formula is C28H61NO3. The standard InChI is InChI=1S/C13H27NO.C12H24O2.C2H6.CH4/c1-5-12(6-2)9-10-14-13(15)8-7-11(3)4;1-5-10(4)11(14)12(6-2,7-3)8-9-13;1-2;/h11-12H,5-10H2,1-4H3,(H,14,15);10,13H,5-9H2,1-4H3;1-2H3;1H4. The summed E-state index contributed by atoms with van der Waals surface area (Å²) in [4.78, 5) is 23.5. The van der Waals surface area contributed by atoms with Crippen LogP contribution in [0, 0.1) is 23.2 Å². The maximum atomic E-state index is 12.1. The van der Waals surface area contributed by atoms with Crippen molar-refractivity contribution in [2.45, 2.75) is 134 Å². The molecule has 0 aromatic rings. The van der Waals surface area contributed by atoms with E-state index < -0.39 is 0 Å². The predicted octanol–water partition coefficient (Wildman–Crippen LogP) is 7.82. The van der Waals surface area contributed by atoms with Crippen molar-refractivity contribution in [3.8, 4) is 0 Å². The lowest BCUT2D eigenvalue weighted by Crippen LogP contribution is -2.35. The monoisotopic (exact) mass is 459 g/mol. The summed E-state index contributed by atoms with van der Waals surface area (Å²) >= 11 is 0. The molecular weight excluding hydrogens is 398 g/mol. The Labute approximate surface area is 202 Å². The number of Topliss-reactive ketones (excluding diaryl/α,β-unsaturated/α-hetero) is 1. The molecule has 4 heteroatoms. The summed E-state index contributed by atoms with van der Waals surface area (Å²) in [6.07, 6.45) is 8.43. The van der Waals surface area contributed by atoms with E-state index in [-0.39, 0.29) is 31.3 Å². The van der Waals surface area contributed by atoms with Gasteiger partial charge in [0.1, 0.15) is 5.78 Å². The molecule has 1 unspecified atom stereocenters. The summed E-state index contributed by atoms with van der Waals surface area (Å²) in [5.41, 5.74) is -0.274. The number of rotatable bonds is 15. The van der Waals surface area contributed by atoms with Crippen LogP contribution in [0.5, 0.6) is 0 Å². The van der Waals surface area contributed by atoms with Gasteiger partial charge in [-0.3, -0.25) is 9.59 Å². The van der Waals surface area contributed by atoms with Crippen LogP contribution >= 0.6 is 0 Å². The zero-order valence-corrected chi connectivity index (χ0v) is 22.8. The van der Waals surface area contributed by atoms with Crippen molar-refractivity contribution in [3.05, 3.63) is 0 Å². The molecule has 1 amide bonds. The van der Waals surface area contributed by atoms with Gasteiger partial charge in [0.25, 0.3) is 0 Å². The molecule has 0 aliphatic heterocycles. The van der Waals surface area contributed by atoms with Gasteiger partial charge in [-0.05, 0) is 50.4 Å². The van der Waals surface area contributed by atoms with Crippen LogP contribution in [0.15, 0.2) is 0 Å². The Morgan fingerprint density at radius 2 is 1.38 bits per heavy atom. The first-order valence-electron chi connectivity index (χ1n) is 13.1. The zero-order valence-electron chi connectivity index (χ0n) is 22.8. The third kappa shape index (κ3) is 17.6. The molecule has 0 aromatic heterocycles. The number of aliphatic hydroxyl groups is 1. The summed E-state index contributed by atoms with van der Waals surface area (Å²) < 4.78 is 0. The van der Waals surface area contributed by atoms with E-state index >= 15 is 0 Å². The predicted molar refractivity (Wildman–Crippen MR) is 143 cm³/mol. The highest BCUT2D eigenvalue weighted by atomic mass is 16.3. The molecule has 0 bridgehead atoms. The first-order valence-corrected chi connectivity index (χ1v) is 13.1. The minimum absolute atomic E-state index is 0. The van der Waals surface area contributed by atoms with Gasteiger partial charge in [0, 0.05) is 30.9 Å². The Morgan fingerprint density at radius 1 is 0.875 bits per heavy atom. The van der Waals surface area contributed by atoms with Gasteiger partial charge in [-0.25, -0.2) is 0 Å². The first kappa shape index (κ1) is 38.4. The largest absolute Gasteiger partial charge is 0.396 e. The molecule has 0 saturated carbocycles. The van der Waals surface area contributed by atoms with Crippen LogP contribution in [0.3, 0.4) is 0 Å². The van der Waals surface area contributed by atoms with E-state index in [0.29, 0.717) is 24.5 Å². The second-order valence-electron chi connectivity index (χ2n) is 8.89. The smallest absolute Gasteiger partial charge is 0.220 e. The molecule has 0 spiro atoms. The molecule has 2 N–H and O–H groups in total. The molecule has 32 heavy (non-hydrogen) atoms. The lowest BCUT2D eigenvalue weighted by atomic mass is 9.71. The normalized spacial score (nSPS) is 11.5. The number of carbonyl (C=O) groups excluding carboxylic acids is 2.